The van der Waals surface area contributed by atoms with Gasteiger partial charge in [-0.05, 0) is 41.7 Å². The summed E-state index contributed by atoms with van der Waals surface area (Å²) in [5.74, 6) is -0.0866. The fourth-order valence-electron chi connectivity index (χ4n) is 3.22. The second-order valence-corrected chi connectivity index (χ2v) is 6.13. The number of carbonyl (C=O) groups is 1. The standard InChI is InChI=1S/C19H18F3NO/c1-23(17-11-8-14-4-2-3-5-16(14)17)18(24)12-13-6-9-15(10-7-13)19(20,21)22/h2-7,9-10,17H,8,11-12H2,1H3. The van der Waals surface area contributed by atoms with Crippen molar-refractivity contribution in [1.82, 2.24) is 4.90 Å². The van der Waals surface area contributed by atoms with E-state index in [1.165, 1.54) is 23.3 Å². The van der Waals surface area contributed by atoms with Gasteiger partial charge in [0.25, 0.3) is 0 Å². The molecule has 1 atom stereocenters. The minimum atomic E-state index is -4.35. The average Bonchev–Trinajstić information content (AvgIpc) is 2.97. The van der Waals surface area contributed by atoms with Crippen LogP contribution in [0.2, 0.25) is 0 Å². The summed E-state index contributed by atoms with van der Waals surface area (Å²) >= 11 is 0. The molecule has 0 N–H and O–H groups in total. The quantitative estimate of drug-likeness (QED) is 0.815. The van der Waals surface area contributed by atoms with E-state index in [9.17, 15) is 18.0 Å². The van der Waals surface area contributed by atoms with Crippen molar-refractivity contribution in [2.24, 2.45) is 0 Å². The Morgan fingerprint density at radius 1 is 1.12 bits per heavy atom. The van der Waals surface area contributed by atoms with Crippen molar-refractivity contribution in [3.63, 3.8) is 0 Å². The molecule has 3 rings (SSSR count). The minimum absolute atomic E-state index is 0.0446. The summed E-state index contributed by atoms with van der Waals surface area (Å²) < 4.78 is 37.7. The number of likely N-dealkylation sites (N-methyl/N-ethyl adjacent to an activating group) is 1. The number of benzene rings is 2. The molecule has 2 aromatic carbocycles. The molecule has 126 valence electrons. The lowest BCUT2D eigenvalue weighted by atomic mass is 10.1. The highest BCUT2D eigenvalue weighted by Crippen LogP contribution is 2.35. The highest BCUT2D eigenvalue weighted by Gasteiger charge is 2.31. The summed E-state index contributed by atoms with van der Waals surface area (Å²) in [5, 5.41) is 0. The topological polar surface area (TPSA) is 20.3 Å². The van der Waals surface area contributed by atoms with Gasteiger partial charge >= 0.3 is 6.18 Å². The molecule has 0 saturated heterocycles. The van der Waals surface area contributed by atoms with E-state index in [2.05, 4.69) is 6.07 Å². The van der Waals surface area contributed by atoms with Gasteiger partial charge in [-0.1, -0.05) is 36.4 Å². The number of fused-ring (bicyclic) bond motifs is 1. The highest BCUT2D eigenvalue weighted by molar-refractivity contribution is 5.79. The molecule has 1 aliphatic rings. The number of carbonyl (C=O) groups excluding carboxylic acids is 1. The summed E-state index contributed by atoms with van der Waals surface area (Å²) in [7, 11) is 1.76. The van der Waals surface area contributed by atoms with Gasteiger partial charge in [-0.3, -0.25) is 4.79 Å². The Morgan fingerprint density at radius 2 is 1.79 bits per heavy atom. The van der Waals surface area contributed by atoms with E-state index in [1.54, 1.807) is 11.9 Å². The van der Waals surface area contributed by atoms with Gasteiger partial charge in [0.05, 0.1) is 18.0 Å². The lowest BCUT2D eigenvalue weighted by Crippen LogP contribution is -2.31. The Labute approximate surface area is 138 Å². The number of hydrogen-bond acceptors (Lipinski definition) is 1. The van der Waals surface area contributed by atoms with Crippen molar-refractivity contribution in [2.75, 3.05) is 7.05 Å². The first kappa shape index (κ1) is 16.6. The lowest BCUT2D eigenvalue weighted by molar-refractivity contribution is -0.137. The van der Waals surface area contributed by atoms with Crippen molar-refractivity contribution in [3.05, 3.63) is 70.8 Å². The summed E-state index contributed by atoms with van der Waals surface area (Å²) in [6.07, 6.45) is -2.42. The van der Waals surface area contributed by atoms with E-state index in [0.717, 1.165) is 25.0 Å². The molecule has 0 aromatic heterocycles. The van der Waals surface area contributed by atoms with Gasteiger partial charge < -0.3 is 4.90 Å². The predicted octanol–water partition coefficient (Wildman–Crippen LogP) is 4.39. The van der Waals surface area contributed by atoms with E-state index in [-0.39, 0.29) is 18.4 Å². The van der Waals surface area contributed by atoms with Gasteiger partial charge in [0.1, 0.15) is 0 Å². The Morgan fingerprint density at radius 3 is 2.46 bits per heavy atom. The molecule has 1 amide bonds. The van der Waals surface area contributed by atoms with E-state index in [1.807, 2.05) is 18.2 Å². The van der Waals surface area contributed by atoms with Gasteiger partial charge in [-0.15, -0.1) is 0 Å². The normalized spacial score (nSPS) is 16.8. The van der Waals surface area contributed by atoms with Gasteiger partial charge in [-0.25, -0.2) is 0 Å². The molecule has 0 heterocycles. The molecular weight excluding hydrogens is 315 g/mol. The van der Waals surface area contributed by atoms with Crippen LogP contribution in [-0.4, -0.2) is 17.9 Å². The molecule has 0 bridgehead atoms. The van der Waals surface area contributed by atoms with Crippen LogP contribution >= 0.6 is 0 Å². The van der Waals surface area contributed by atoms with Crippen molar-refractivity contribution in [1.29, 1.82) is 0 Å². The minimum Gasteiger partial charge on any atom is -0.338 e. The Hall–Kier alpha value is -2.30. The first-order valence-electron chi connectivity index (χ1n) is 7.86. The second kappa shape index (κ2) is 6.30. The average molecular weight is 333 g/mol. The zero-order chi connectivity index (χ0) is 17.3. The molecule has 1 unspecified atom stereocenters. The fraction of sp³-hybridized carbons (Fsp3) is 0.316. The van der Waals surface area contributed by atoms with Gasteiger partial charge in [-0.2, -0.15) is 13.2 Å². The van der Waals surface area contributed by atoms with Crippen molar-refractivity contribution in [2.45, 2.75) is 31.5 Å². The van der Waals surface area contributed by atoms with Crippen molar-refractivity contribution < 1.29 is 18.0 Å². The van der Waals surface area contributed by atoms with Crippen molar-refractivity contribution >= 4 is 5.91 Å². The summed E-state index contributed by atoms with van der Waals surface area (Å²) in [6.45, 7) is 0. The number of amides is 1. The maximum Gasteiger partial charge on any atom is 0.416 e. The van der Waals surface area contributed by atoms with Crippen LogP contribution in [0.4, 0.5) is 13.2 Å². The SMILES string of the molecule is CN(C(=O)Cc1ccc(C(F)(F)F)cc1)C1CCc2ccccc21. The molecular formula is C19H18F3NO. The zero-order valence-electron chi connectivity index (χ0n) is 13.3. The molecule has 5 heteroatoms. The lowest BCUT2D eigenvalue weighted by Gasteiger charge is -2.25. The number of alkyl halides is 3. The molecule has 0 fully saturated rings. The Bertz CT molecular complexity index is 737. The van der Waals surface area contributed by atoms with E-state index >= 15 is 0 Å². The van der Waals surface area contributed by atoms with Crippen LogP contribution in [0.1, 0.15) is 34.7 Å². The number of aryl methyl sites for hydroxylation is 1. The Balaban J connectivity index is 1.69. The number of hydrogen-bond donors (Lipinski definition) is 0. The van der Waals surface area contributed by atoms with E-state index in [4.69, 9.17) is 0 Å². The predicted molar refractivity (Wildman–Crippen MR) is 85.4 cm³/mol. The third-order valence-corrected chi connectivity index (χ3v) is 4.60. The van der Waals surface area contributed by atoms with Crippen LogP contribution in [0, 0.1) is 0 Å². The summed E-state index contributed by atoms with van der Waals surface area (Å²) in [4.78, 5) is 14.2. The molecule has 2 aromatic rings. The van der Waals surface area contributed by atoms with Crippen molar-refractivity contribution in [3.8, 4) is 0 Å². The van der Waals surface area contributed by atoms with Gasteiger partial charge in [0, 0.05) is 7.05 Å². The third-order valence-electron chi connectivity index (χ3n) is 4.60. The van der Waals surface area contributed by atoms with E-state index in [0.29, 0.717) is 5.56 Å². The van der Waals surface area contributed by atoms with Gasteiger partial charge in [0.2, 0.25) is 5.91 Å². The maximum absolute atomic E-state index is 12.6. The molecule has 1 aliphatic carbocycles. The summed E-state index contributed by atoms with van der Waals surface area (Å²) in [5.41, 5.74) is 2.32. The number of rotatable bonds is 3. The van der Waals surface area contributed by atoms with Crippen LogP contribution in [0.15, 0.2) is 48.5 Å². The highest BCUT2D eigenvalue weighted by atomic mass is 19.4. The maximum atomic E-state index is 12.6. The smallest absolute Gasteiger partial charge is 0.338 e. The van der Waals surface area contributed by atoms with Crippen LogP contribution < -0.4 is 0 Å². The fourth-order valence-corrected chi connectivity index (χ4v) is 3.22. The van der Waals surface area contributed by atoms with Crippen LogP contribution in [0.5, 0.6) is 0 Å². The first-order chi connectivity index (χ1) is 11.4. The first-order valence-corrected chi connectivity index (χ1v) is 7.86. The monoisotopic (exact) mass is 333 g/mol. The van der Waals surface area contributed by atoms with Crippen LogP contribution in [0.25, 0.3) is 0 Å². The van der Waals surface area contributed by atoms with Crippen LogP contribution in [-0.2, 0) is 23.8 Å². The molecule has 0 spiro atoms. The zero-order valence-corrected chi connectivity index (χ0v) is 13.3. The number of halogens is 3. The third kappa shape index (κ3) is 3.30. The van der Waals surface area contributed by atoms with Gasteiger partial charge in [0.15, 0.2) is 0 Å². The second-order valence-electron chi connectivity index (χ2n) is 6.13. The van der Waals surface area contributed by atoms with Crippen LogP contribution in [0.3, 0.4) is 0 Å². The molecule has 2 nitrogen and oxygen atoms in total. The largest absolute Gasteiger partial charge is 0.416 e. The molecule has 0 saturated carbocycles. The number of nitrogens with zero attached hydrogens (tertiary/aromatic N) is 1. The molecule has 0 radical (unpaired) electrons. The Kier molecular flexibility index (Phi) is 4.35. The molecule has 24 heavy (non-hydrogen) atoms. The van der Waals surface area contributed by atoms with E-state index < -0.39 is 11.7 Å². The summed E-state index contributed by atoms with van der Waals surface area (Å²) in [6, 6.07) is 12.9. The molecule has 0 aliphatic heterocycles.